The van der Waals surface area contributed by atoms with Gasteiger partial charge in [0.2, 0.25) is 0 Å². The lowest BCUT2D eigenvalue weighted by atomic mass is 9.81. The largest absolute Gasteiger partial charge is 0.0616 e. The Hall–Kier alpha value is -5.72. The molecule has 0 atom stereocenters. The Morgan fingerprint density at radius 1 is 0.273 bits per heavy atom. The van der Waals surface area contributed by atoms with Crippen LogP contribution in [0, 0.1) is 0 Å². The van der Waals surface area contributed by atoms with E-state index in [1.54, 1.807) is 0 Å². The zero-order valence-corrected chi connectivity index (χ0v) is 23.9. The third-order valence-electron chi connectivity index (χ3n) is 10.3. The first-order valence-electron chi connectivity index (χ1n) is 15.4. The van der Waals surface area contributed by atoms with E-state index in [0.29, 0.717) is 0 Å². The average Bonchev–Trinajstić information content (AvgIpc) is 3.72. The predicted molar refractivity (Wildman–Crippen MR) is 191 cm³/mol. The lowest BCUT2D eigenvalue weighted by molar-refractivity contribution is 1.67. The van der Waals surface area contributed by atoms with E-state index in [0.717, 1.165) is 0 Å². The number of rotatable bonds is 2. The van der Waals surface area contributed by atoms with E-state index in [9.17, 15) is 0 Å². The van der Waals surface area contributed by atoms with Gasteiger partial charge in [-0.05, 0) is 121 Å². The second-order valence-electron chi connectivity index (χ2n) is 12.4. The van der Waals surface area contributed by atoms with Gasteiger partial charge in [0, 0.05) is 0 Å². The average molecular weight is 553 g/mol. The van der Waals surface area contributed by atoms with Gasteiger partial charge in [-0.3, -0.25) is 0 Å². The SMILES string of the molecule is C1=Cc2ccc3c4cc(-c5cccc6ccccc56)c5c6c(c(-c7cccc8ccccc78)cc(c7ccc1c2c73)c64)C=C5. The van der Waals surface area contributed by atoms with Gasteiger partial charge in [-0.15, -0.1) is 0 Å². The molecule has 2 aliphatic rings. The Kier molecular flexibility index (Phi) is 4.15. The minimum atomic E-state index is 1.28. The molecular formula is C44H24. The summed E-state index contributed by atoms with van der Waals surface area (Å²) in [5.41, 5.74) is 10.5. The molecular weight excluding hydrogens is 528 g/mol. The molecule has 11 rings (SSSR count). The minimum Gasteiger partial charge on any atom is -0.0616 e. The molecule has 200 valence electrons. The van der Waals surface area contributed by atoms with E-state index >= 15 is 0 Å². The van der Waals surface area contributed by atoms with Crippen LogP contribution in [0.25, 0.3) is 111 Å². The van der Waals surface area contributed by atoms with Crippen LogP contribution in [0.15, 0.2) is 121 Å². The number of fused-ring (bicyclic) bond motifs is 4. The molecule has 0 amide bonds. The van der Waals surface area contributed by atoms with Crippen molar-refractivity contribution in [3.8, 4) is 22.3 Å². The van der Waals surface area contributed by atoms with Gasteiger partial charge in [-0.1, -0.05) is 133 Å². The molecule has 0 fully saturated rings. The van der Waals surface area contributed by atoms with Crippen LogP contribution in [0.2, 0.25) is 0 Å². The summed E-state index contributed by atoms with van der Waals surface area (Å²) in [6, 6.07) is 45.4. The molecule has 44 heavy (non-hydrogen) atoms. The highest BCUT2D eigenvalue weighted by Crippen LogP contribution is 2.52. The Bertz CT molecular complexity index is 2610. The van der Waals surface area contributed by atoms with E-state index < -0.39 is 0 Å². The summed E-state index contributed by atoms with van der Waals surface area (Å²) < 4.78 is 0. The maximum atomic E-state index is 2.50. The van der Waals surface area contributed by atoms with Gasteiger partial charge in [-0.2, -0.15) is 0 Å². The van der Waals surface area contributed by atoms with Gasteiger partial charge >= 0.3 is 0 Å². The summed E-state index contributed by atoms with van der Waals surface area (Å²) in [6.07, 6.45) is 9.30. The molecule has 0 spiro atoms. The maximum Gasteiger partial charge on any atom is -0.00134 e. The van der Waals surface area contributed by atoms with Crippen molar-refractivity contribution in [2.75, 3.05) is 0 Å². The van der Waals surface area contributed by atoms with Gasteiger partial charge < -0.3 is 0 Å². The Balaban J connectivity index is 1.40. The van der Waals surface area contributed by atoms with Gasteiger partial charge in [0.25, 0.3) is 0 Å². The summed E-state index contributed by atoms with van der Waals surface area (Å²) in [5, 5.41) is 16.1. The van der Waals surface area contributed by atoms with Gasteiger partial charge in [0.05, 0.1) is 0 Å². The van der Waals surface area contributed by atoms with Crippen LogP contribution in [0.4, 0.5) is 0 Å². The molecule has 0 saturated carbocycles. The first-order valence-corrected chi connectivity index (χ1v) is 15.4. The Morgan fingerprint density at radius 3 is 1.30 bits per heavy atom. The van der Waals surface area contributed by atoms with E-state index in [4.69, 9.17) is 0 Å². The summed E-state index contributed by atoms with van der Waals surface area (Å²) in [5.74, 6) is 0. The van der Waals surface area contributed by atoms with Crippen molar-refractivity contribution in [3.05, 3.63) is 144 Å². The fourth-order valence-electron chi connectivity index (χ4n) is 8.45. The molecule has 0 aromatic heterocycles. The summed E-state index contributed by atoms with van der Waals surface area (Å²) >= 11 is 0. The monoisotopic (exact) mass is 552 g/mol. The van der Waals surface area contributed by atoms with E-state index in [2.05, 4.69) is 146 Å². The Labute approximate surface area is 254 Å². The Morgan fingerprint density at radius 2 is 0.750 bits per heavy atom. The van der Waals surface area contributed by atoms with Gasteiger partial charge in [0.15, 0.2) is 0 Å². The topological polar surface area (TPSA) is 0 Å². The molecule has 0 N–H and O–H groups in total. The van der Waals surface area contributed by atoms with Crippen molar-refractivity contribution < 1.29 is 0 Å². The van der Waals surface area contributed by atoms with Crippen molar-refractivity contribution >= 4 is 88.9 Å². The minimum absolute atomic E-state index is 1.28. The zero-order chi connectivity index (χ0) is 28.5. The van der Waals surface area contributed by atoms with Crippen molar-refractivity contribution in [2.45, 2.75) is 0 Å². The normalized spacial score (nSPS) is 13.3. The molecule has 9 aromatic rings. The molecule has 0 heterocycles. The summed E-state index contributed by atoms with van der Waals surface area (Å²) in [6.45, 7) is 0. The summed E-state index contributed by atoms with van der Waals surface area (Å²) in [4.78, 5) is 0. The van der Waals surface area contributed by atoms with Crippen LogP contribution in [-0.4, -0.2) is 0 Å². The molecule has 0 unspecified atom stereocenters. The van der Waals surface area contributed by atoms with Crippen LogP contribution in [0.5, 0.6) is 0 Å². The number of hydrogen-bond donors (Lipinski definition) is 0. The second kappa shape index (κ2) is 8.01. The fraction of sp³-hybridized carbons (Fsp3) is 0. The van der Waals surface area contributed by atoms with Crippen LogP contribution in [0.1, 0.15) is 22.3 Å². The third-order valence-corrected chi connectivity index (χ3v) is 10.3. The van der Waals surface area contributed by atoms with Crippen LogP contribution in [0.3, 0.4) is 0 Å². The van der Waals surface area contributed by atoms with E-state index in [1.165, 1.54) is 109 Å². The first kappa shape index (κ1) is 22.8. The molecule has 0 heteroatoms. The zero-order valence-electron chi connectivity index (χ0n) is 23.9. The highest BCUT2D eigenvalue weighted by atomic mass is 14.3. The molecule has 2 aliphatic carbocycles. The van der Waals surface area contributed by atoms with Crippen molar-refractivity contribution in [1.82, 2.24) is 0 Å². The standard InChI is InChI=1S/C44H24/c1-3-11-29-25(7-1)9-5-13-31(29)37-23-39-35-19-17-27-15-16-28-18-20-36(42(35)41(27)28)40-24-38(34-22-21-33(37)43(34)44(39)40)32-14-6-10-26-8-2-4-12-30(26)32/h1-24H. The quantitative estimate of drug-likeness (QED) is 0.148. The van der Waals surface area contributed by atoms with Crippen molar-refractivity contribution in [2.24, 2.45) is 0 Å². The van der Waals surface area contributed by atoms with Crippen molar-refractivity contribution in [3.63, 3.8) is 0 Å². The molecule has 0 saturated heterocycles. The maximum absolute atomic E-state index is 2.50. The third kappa shape index (κ3) is 2.74. The lowest BCUT2D eigenvalue weighted by Crippen LogP contribution is -1.95. The lowest BCUT2D eigenvalue weighted by Gasteiger charge is -2.21. The van der Waals surface area contributed by atoms with Crippen LogP contribution < -0.4 is 0 Å². The predicted octanol–water partition coefficient (Wildman–Crippen LogP) is 12.3. The molecule has 9 aromatic carbocycles. The highest BCUT2D eigenvalue weighted by Gasteiger charge is 2.26. The van der Waals surface area contributed by atoms with Crippen molar-refractivity contribution in [1.29, 1.82) is 0 Å². The van der Waals surface area contributed by atoms with E-state index in [1.807, 2.05) is 0 Å². The molecule has 0 bridgehead atoms. The summed E-state index contributed by atoms with van der Waals surface area (Å²) in [7, 11) is 0. The molecule has 0 radical (unpaired) electrons. The second-order valence-corrected chi connectivity index (χ2v) is 12.4. The molecule has 0 nitrogen and oxygen atoms in total. The van der Waals surface area contributed by atoms with Gasteiger partial charge in [-0.25, -0.2) is 0 Å². The fourth-order valence-corrected chi connectivity index (χ4v) is 8.45. The molecule has 0 aliphatic heterocycles. The van der Waals surface area contributed by atoms with Crippen LogP contribution in [-0.2, 0) is 0 Å². The smallest absolute Gasteiger partial charge is 0.00134 e. The number of hydrogen-bond acceptors (Lipinski definition) is 0. The van der Waals surface area contributed by atoms with Crippen LogP contribution >= 0.6 is 0 Å². The number of benzene rings is 9. The van der Waals surface area contributed by atoms with Gasteiger partial charge in [0.1, 0.15) is 0 Å². The highest BCUT2D eigenvalue weighted by molar-refractivity contribution is 6.38. The first-order chi connectivity index (χ1) is 21.8. The van der Waals surface area contributed by atoms with E-state index in [-0.39, 0.29) is 0 Å².